The van der Waals surface area contributed by atoms with E-state index in [0.717, 1.165) is 67.7 Å². The first-order chi connectivity index (χ1) is 9.38. The number of aryl methyl sites for hydroxylation is 1. The molecule has 6 nitrogen and oxygen atoms in total. The van der Waals surface area contributed by atoms with Gasteiger partial charge in [-0.2, -0.15) is 9.61 Å². The van der Waals surface area contributed by atoms with Crippen molar-refractivity contribution in [2.45, 2.75) is 38.0 Å². The first-order valence-electron chi connectivity index (χ1n) is 6.87. The summed E-state index contributed by atoms with van der Waals surface area (Å²) in [6.45, 7) is 2.37. The zero-order valence-electron chi connectivity index (χ0n) is 10.9. The van der Waals surface area contributed by atoms with Gasteiger partial charge in [0.15, 0.2) is 5.82 Å². The first-order valence-corrected chi connectivity index (χ1v) is 7.69. The van der Waals surface area contributed by atoms with Gasteiger partial charge in [0.05, 0.1) is 0 Å². The van der Waals surface area contributed by atoms with Crippen LogP contribution in [0.3, 0.4) is 0 Å². The molecule has 3 heterocycles. The molecule has 1 saturated heterocycles. The molecule has 104 valence electrons. The molecule has 7 heteroatoms. The number of rotatable bonds is 5. The lowest BCUT2D eigenvalue weighted by molar-refractivity contribution is 0.0831. The summed E-state index contributed by atoms with van der Waals surface area (Å²) in [6, 6.07) is 0. The minimum atomic E-state index is 0.433. The van der Waals surface area contributed by atoms with Gasteiger partial charge in [-0.1, -0.05) is 11.3 Å². The van der Waals surface area contributed by atoms with Gasteiger partial charge in [-0.25, -0.2) is 0 Å². The molecule has 0 amide bonds. The highest BCUT2D eigenvalue weighted by atomic mass is 32.1. The molecule has 1 fully saturated rings. The van der Waals surface area contributed by atoms with Crippen molar-refractivity contribution in [1.29, 1.82) is 0 Å². The van der Waals surface area contributed by atoms with Crippen LogP contribution >= 0.6 is 11.3 Å². The summed E-state index contributed by atoms with van der Waals surface area (Å²) in [6.07, 6.45) is 5.15. The van der Waals surface area contributed by atoms with E-state index in [1.165, 1.54) is 0 Å². The average Bonchev–Trinajstić information content (AvgIpc) is 3.00. The van der Waals surface area contributed by atoms with E-state index in [0.29, 0.717) is 5.92 Å². The smallest absolute Gasteiger partial charge is 0.234 e. The average molecular weight is 281 g/mol. The zero-order chi connectivity index (χ0) is 13.1. The highest BCUT2D eigenvalue weighted by Gasteiger charge is 2.23. The van der Waals surface area contributed by atoms with E-state index in [1.807, 2.05) is 4.52 Å². The van der Waals surface area contributed by atoms with Crippen LogP contribution < -0.4 is 5.73 Å². The van der Waals surface area contributed by atoms with Crippen LogP contribution in [0, 0.1) is 0 Å². The Balaban J connectivity index is 1.77. The maximum absolute atomic E-state index is 5.51. The van der Waals surface area contributed by atoms with Gasteiger partial charge in [0.25, 0.3) is 0 Å². The third kappa shape index (κ3) is 2.77. The minimum absolute atomic E-state index is 0.433. The molecule has 1 aliphatic heterocycles. The topological polar surface area (TPSA) is 78.3 Å². The summed E-state index contributed by atoms with van der Waals surface area (Å²) in [7, 11) is 0. The van der Waals surface area contributed by atoms with Crippen LogP contribution in [0.1, 0.15) is 42.4 Å². The van der Waals surface area contributed by atoms with Crippen molar-refractivity contribution in [1.82, 2.24) is 19.8 Å². The summed E-state index contributed by atoms with van der Waals surface area (Å²) in [4.78, 5) is 0.907. The molecule has 2 N–H and O–H groups in total. The van der Waals surface area contributed by atoms with Gasteiger partial charge >= 0.3 is 0 Å². The zero-order valence-corrected chi connectivity index (χ0v) is 11.7. The van der Waals surface area contributed by atoms with E-state index < -0.39 is 0 Å². The second kappa shape index (κ2) is 5.94. The van der Waals surface area contributed by atoms with Crippen molar-refractivity contribution >= 4 is 16.3 Å². The largest absolute Gasteiger partial charge is 0.381 e. The van der Waals surface area contributed by atoms with E-state index in [2.05, 4.69) is 15.3 Å². The number of fused-ring (bicyclic) bond motifs is 1. The monoisotopic (exact) mass is 281 g/mol. The lowest BCUT2D eigenvalue weighted by Gasteiger charge is -2.19. The Kier molecular flexibility index (Phi) is 4.05. The van der Waals surface area contributed by atoms with Gasteiger partial charge in [0.2, 0.25) is 4.96 Å². The van der Waals surface area contributed by atoms with Crippen molar-refractivity contribution in [2.24, 2.45) is 5.73 Å². The van der Waals surface area contributed by atoms with Gasteiger partial charge in [0.1, 0.15) is 5.01 Å². The molecule has 0 spiro atoms. The quantitative estimate of drug-likeness (QED) is 0.837. The summed E-state index contributed by atoms with van der Waals surface area (Å²) in [5.74, 6) is 1.43. The van der Waals surface area contributed by atoms with E-state index >= 15 is 0 Å². The van der Waals surface area contributed by atoms with Crippen molar-refractivity contribution in [3.8, 4) is 0 Å². The Labute approximate surface area is 116 Å². The van der Waals surface area contributed by atoms with Crippen LogP contribution in [-0.2, 0) is 11.2 Å². The molecule has 0 unspecified atom stereocenters. The fourth-order valence-electron chi connectivity index (χ4n) is 2.40. The molecule has 1 aliphatic rings. The summed E-state index contributed by atoms with van der Waals surface area (Å²) >= 11 is 1.64. The SMILES string of the molecule is NCCCCc1nn2c(C3CCOCC3)nnc2s1. The molecule has 0 bridgehead atoms. The van der Waals surface area contributed by atoms with Crippen molar-refractivity contribution in [2.75, 3.05) is 19.8 Å². The lowest BCUT2D eigenvalue weighted by Crippen LogP contribution is -2.16. The molecule has 2 aromatic heterocycles. The van der Waals surface area contributed by atoms with Gasteiger partial charge in [-0.05, 0) is 32.2 Å². The molecule has 0 aliphatic carbocycles. The molecular formula is C12H19N5OS. The van der Waals surface area contributed by atoms with Crippen LogP contribution in [0.25, 0.3) is 4.96 Å². The van der Waals surface area contributed by atoms with Crippen LogP contribution in [0.2, 0.25) is 0 Å². The second-order valence-corrected chi connectivity index (χ2v) is 5.92. The second-order valence-electron chi connectivity index (χ2n) is 4.88. The number of hydrogen-bond donors (Lipinski definition) is 1. The van der Waals surface area contributed by atoms with Gasteiger partial charge < -0.3 is 10.5 Å². The standard InChI is InChI=1S/C12H19N5OS/c13-6-2-1-3-10-16-17-11(14-15-12(17)19-10)9-4-7-18-8-5-9/h9H,1-8,13H2. The number of nitrogens with zero attached hydrogens (tertiary/aromatic N) is 4. The fraction of sp³-hybridized carbons (Fsp3) is 0.750. The van der Waals surface area contributed by atoms with Gasteiger partial charge in [0, 0.05) is 25.6 Å². The first kappa shape index (κ1) is 13.0. The number of nitrogens with two attached hydrogens (primary N) is 1. The summed E-state index contributed by atoms with van der Waals surface area (Å²) in [5.41, 5.74) is 5.51. The van der Waals surface area contributed by atoms with Crippen molar-refractivity contribution in [3.05, 3.63) is 10.8 Å². The van der Waals surface area contributed by atoms with Crippen molar-refractivity contribution in [3.63, 3.8) is 0 Å². The predicted molar refractivity (Wildman–Crippen MR) is 73.4 cm³/mol. The van der Waals surface area contributed by atoms with E-state index in [4.69, 9.17) is 10.5 Å². The molecule has 0 radical (unpaired) electrons. The Hall–Kier alpha value is -1.05. The molecular weight excluding hydrogens is 262 g/mol. The highest BCUT2D eigenvalue weighted by molar-refractivity contribution is 7.16. The molecule has 19 heavy (non-hydrogen) atoms. The van der Waals surface area contributed by atoms with Crippen molar-refractivity contribution < 1.29 is 4.74 Å². The van der Waals surface area contributed by atoms with Crippen LogP contribution in [-0.4, -0.2) is 39.6 Å². The lowest BCUT2D eigenvalue weighted by atomic mass is 10.00. The molecule has 0 saturated carbocycles. The van der Waals surface area contributed by atoms with E-state index in [1.54, 1.807) is 11.3 Å². The summed E-state index contributed by atoms with van der Waals surface area (Å²) in [5, 5.41) is 14.3. The van der Waals surface area contributed by atoms with Gasteiger partial charge in [-0.3, -0.25) is 0 Å². The Bertz CT molecular complexity index is 531. The Morgan fingerprint density at radius 1 is 1.26 bits per heavy atom. The minimum Gasteiger partial charge on any atom is -0.381 e. The Morgan fingerprint density at radius 3 is 2.89 bits per heavy atom. The van der Waals surface area contributed by atoms with Crippen LogP contribution in [0.5, 0.6) is 0 Å². The molecule has 0 atom stereocenters. The predicted octanol–water partition coefficient (Wildman–Crippen LogP) is 1.36. The van der Waals surface area contributed by atoms with E-state index in [9.17, 15) is 0 Å². The van der Waals surface area contributed by atoms with Crippen LogP contribution in [0.15, 0.2) is 0 Å². The molecule has 0 aromatic carbocycles. The maximum Gasteiger partial charge on any atom is 0.234 e. The normalized spacial score (nSPS) is 17.3. The number of ether oxygens (including phenoxy) is 1. The molecule has 3 rings (SSSR count). The number of unbranched alkanes of at least 4 members (excludes halogenated alkanes) is 1. The van der Waals surface area contributed by atoms with Gasteiger partial charge in [-0.15, -0.1) is 10.2 Å². The summed E-state index contributed by atoms with van der Waals surface area (Å²) < 4.78 is 7.32. The fourth-order valence-corrected chi connectivity index (χ4v) is 3.29. The number of hydrogen-bond acceptors (Lipinski definition) is 6. The molecule has 2 aromatic rings. The highest BCUT2D eigenvalue weighted by Crippen LogP contribution is 2.27. The third-order valence-electron chi connectivity index (χ3n) is 3.49. The van der Waals surface area contributed by atoms with E-state index in [-0.39, 0.29) is 0 Å². The number of aromatic nitrogens is 4. The third-order valence-corrected chi connectivity index (χ3v) is 4.45. The van der Waals surface area contributed by atoms with Crippen LogP contribution in [0.4, 0.5) is 0 Å². The maximum atomic E-state index is 5.51. The Morgan fingerprint density at radius 2 is 2.11 bits per heavy atom.